The van der Waals surface area contributed by atoms with E-state index < -0.39 is 24.3 Å². The van der Waals surface area contributed by atoms with Gasteiger partial charge in [0, 0.05) is 18.0 Å². The maximum Gasteiger partial charge on any atom is 0.248 e. The molecule has 1 saturated heterocycles. The predicted octanol–water partition coefficient (Wildman–Crippen LogP) is 1.64. The van der Waals surface area contributed by atoms with Gasteiger partial charge in [0.25, 0.3) is 0 Å². The van der Waals surface area contributed by atoms with Crippen molar-refractivity contribution in [1.82, 2.24) is 10.2 Å². The normalized spacial score (nSPS) is 33.1. The van der Waals surface area contributed by atoms with Gasteiger partial charge in [0.2, 0.25) is 5.91 Å². The number of rotatable bonds is 5. The molecule has 1 saturated carbocycles. The molecule has 6 heteroatoms. The van der Waals surface area contributed by atoms with Crippen LogP contribution in [0, 0.1) is 11.8 Å². The van der Waals surface area contributed by atoms with Gasteiger partial charge in [-0.25, -0.2) is 0 Å². The predicted molar refractivity (Wildman–Crippen MR) is 105 cm³/mol. The third-order valence-electron chi connectivity index (χ3n) is 6.71. The lowest BCUT2D eigenvalue weighted by molar-refractivity contribution is -0.118. The Hall–Kier alpha value is -1.37. The number of hydrogen-bond donors (Lipinski definition) is 4. The molecule has 6 nitrogen and oxygen atoms in total. The number of aliphatic hydroxyl groups is 2. The van der Waals surface area contributed by atoms with E-state index in [1.54, 1.807) is 6.08 Å². The number of primary amides is 1. The average Bonchev–Trinajstić information content (AvgIpc) is 2.93. The number of aliphatic hydroxyl groups excluding tert-OH is 2. The molecule has 3 rings (SSSR count). The Balaban J connectivity index is 2.21. The molecular weight excluding hydrogens is 342 g/mol. The van der Waals surface area contributed by atoms with Crippen molar-refractivity contribution in [2.45, 2.75) is 76.6 Å². The number of hydrogen-bond acceptors (Lipinski definition) is 5. The first-order valence-electron chi connectivity index (χ1n) is 10.3. The van der Waals surface area contributed by atoms with Crippen LogP contribution >= 0.6 is 0 Å². The van der Waals surface area contributed by atoms with E-state index in [1.807, 2.05) is 6.20 Å². The number of dihydropyridines is 1. The zero-order valence-electron chi connectivity index (χ0n) is 16.9. The van der Waals surface area contributed by atoms with Gasteiger partial charge < -0.3 is 21.3 Å². The van der Waals surface area contributed by atoms with Crippen molar-refractivity contribution >= 4 is 5.91 Å². The monoisotopic (exact) mass is 377 g/mol. The van der Waals surface area contributed by atoms with Gasteiger partial charge in [0.1, 0.15) is 11.8 Å². The van der Waals surface area contributed by atoms with Crippen molar-refractivity contribution in [1.29, 1.82) is 0 Å². The van der Waals surface area contributed by atoms with Gasteiger partial charge in [0.15, 0.2) is 0 Å². The Morgan fingerprint density at radius 1 is 1.37 bits per heavy atom. The first-order valence-corrected chi connectivity index (χ1v) is 10.3. The summed E-state index contributed by atoms with van der Waals surface area (Å²) >= 11 is 0. The van der Waals surface area contributed by atoms with Gasteiger partial charge >= 0.3 is 0 Å². The highest BCUT2D eigenvalue weighted by Crippen LogP contribution is 2.49. The largest absolute Gasteiger partial charge is 0.393 e. The van der Waals surface area contributed by atoms with Crippen LogP contribution in [0.1, 0.15) is 59.3 Å². The van der Waals surface area contributed by atoms with E-state index in [2.05, 4.69) is 31.0 Å². The summed E-state index contributed by atoms with van der Waals surface area (Å²) in [5, 5.41) is 23.6. The van der Waals surface area contributed by atoms with E-state index >= 15 is 0 Å². The topological polar surface area (TPSA) is 98.8 Å². The van der Waals surface area contributed by atoms with Gasteiger partial charge in [-0.05, 0) is 56.9 Å². The zero-order chi connectivity index (χ0) is 19.8. The average molecular weight is 378 g/mol. The molecule has 0 aromatic rings. The zero-order valence-corrected chi connectivity index (χ0v) is 16.9. The molecule has 0 spiro atoms. The highest BCUT2D eigenvalue weighted by molar-refractivity contribution is 5.96. The molecule has 2 fully saturated rings. The van der Waals surface area contributed by atoms with Gasteiger partial charge in [-0.2, -0.15) is 0 Å². The number of amides is 1. The number of nitrogens with zero attached hydrogens (tertiary/aromatic N) is 1. The second-order valence-electron chi connectivity index (χ2n) is 9.20. The van der Waals surface area contributed by atoms with E-state index in [4.69, 9.17) is 5.73 Å². The van der Waals surface area contributed by atoms with Crippen LogP contribution in [0.3, 0.4) is 0 Å². The summed E-state index contributed by atoms with van der Waals surface area (Å²) < 4.78 is 0. The lowest BCUT2D eigenvalue weighted by Gasteiger charge is -2.55. The summed E-state index contributed by atoms with van der Waals surface area (Å²) in [4.78, 5) is 15.2. The maximum absolute atomic E-state index is 12.8. The second-order valence-corrected chi connectivity index (χ2v) is 9.20. The fraction of sp³-hybridized carbons (Fsp3) is 0.762. The van der Waals surface area contributed by atoms with Crippen molar-refractivity contribution in [2.75, 3.05) is 13.2 Å². The molecule has 0 radical (unpaired) electrons. The lowest BCUT2D eigenvalue weighted by atomic mass is 9.71. The van der Waals surface area contributed by atoms with Gasteiger partial charge in [-0.15, -0.1) is 0 Å². The molecular formula is C21H35N3O3. The van der Waals surface area contributed by atoms with E-state index in [0.29, 0.717) is 17.1 Å². The fourth-order valence-corrected chi connectivity index (χ4v) is 5.82. The molecule has 5 N–H and O–H groups in total. The van der Waals surface area contributed by atoms with E-state index in [0.717, 1.165) is 38.6 Å². The number of nitrogens with two attached hydrogens (primary N) is 1. The van der Waals surface area contributed by atoms with E-state index in [-0.39, 0.29) is 11.5 Å². The first-order chi connectivity index (χ1) is 12.7. The summed E-state index contributed by atoms with van der Waals surface area (Å²) in [5.74, 6) is 0.216. The third-order valence-corrected chi connectivity index (χ3v) is 6.71. The van der Waals surface area contributed by atoms with Crippen molar-refractivity contribution in [2.24, 2.45) is 17.6 Å². The van der Waals surface area contributed by atoms with Gasteiger partial charge in [0.05, 0.1) is 12.2 Å². The molecule has 2 aliphatic heterocycles. The Morgan fingerprint density at radius 3 is 2.56 bits per heavy atom. The third kappa shape index (κ3) is 3.43. The SMILES string of the molecule is C[C@@H]1CN(C2(C3CCCCC3)NC=CC(C(O)CO)=C2C(N)=O)C(C)(C)C1. The molecule has 3 aliphatic rings. The molecule has 1 amide bonds. The Morgan fingerprint density at radius 2 is 2.04 bits per heavy atom. The molecule has 1 aliphatic carbocycles. The summed E-state index contributed by atoms with van der Waals surface area (Å²) in [6.45, 7) is 7.12. The van der Waals surface area contributed by atoms with Crippen LogP contribution in [-0.2, 0) is 4.79 Å². The lowest BCUT2D eigenvalue weighted by Crippen LogP contribution is -2.69. The van der Waals surface area contributed by atoms with Crippen molar-refractivity contribution in [3.05, 3.63) is 23.4 Å². The van der Waals surface area contributed by atoms with Crippen LogP contribution in [0.25, 0.3) is 0 Å². The van der Waals surface area contributed by atoms with Crippen LogP contribution in [0.5, 0.6) is 0 Å². The molecule has 3 atom stereocenters. The molecule has 2 heterocycles. The summed E-state index contributed by atoms with van der Waals surface area (Å²) in [6, 6.07) is 0. The smallest absolute Gasteiger partial charge is 0.248 e. The van der Waals surface area contributed by atoms with Crippen molar-refractivity contribution in [3.63, 3.8) is 0 Å². The molecule has 0 aromatic heterocycles. The Labute approximate surface area is 162 Å². The van der Waals surface area contributed by atoms with Crippen LogP contribution in [0.2, 0.25) is 0 Å². The summed E-state index contributed by atoms with van der Waals surface area (Å²) in [5.41, 5.74) is 5.97. The number of nitrogens with one attached hydrogen (secondary N) is 1. The molecule has 0 bridgehead atoms. The van der Waals surface area contributed by atoms with Gasteiger partial charge in [-0.3, -0.25) is 9.69 Å². The van der Waals surface area contributed by atoms with Crippen molar-refractivity contribution in [3.8, 4) is 0 Å². The first kappa shape index (κ1) is 20.4. The van der Waals surface area contributed by atoms with Crippen LogP contribution in [0.15, 0.2) is 23.4 Å². The summed E-state index contributed by atoms with van der Waals surface area (Å²) in [6.07, 6.45) is 8.94. The minimum Gasteiger partial charge on any atom is -0.393 e. The summed E-state index contributed by atoms with van der Waals surface area (Å²) in [7, 11) is 0. The standard InChI is InChI=1S/C21H35N3O3/c1-14-11-20(2,3)24(12-14)21(15-7-5-4-6-8-15)18(19(22)27)16(9-10-23-21)17(26)13-25/h9-10,14-15,17,23,25-26H,4-8,11-13H2,1-3H3,(H2,22,27)/t14-,17?,21?/m0/s1. The van der Waals surface area contributed by atoms with E-state index in [1.165, 1.54) is 6.42 Å². The minimum absolute atomic E-state index is 0.106. The number of carbonyl (C=O) groups excluding carboxylic acids is 1. The Kier molecular flexibility index (Phi) is 5.71. The second kappa shape index (κ2) is 7.57. The number of likely N-dealkylation sites (tertiary alicyclic amines) is 1. The minimum atomic E-state index is -1.11. The molecule has 27 heavy (non-hydrogen) atoms. The molecule has 2 unspecified atom stereocenters. The van der Waals surface area contributed by atoms with Crippen LogP contribution in [-0.4, -0.2) is 51.5 Å². The van der Waals surface area contributed by atoms with E-state index in [9.17, 15) is 15.0 Å². The number of carbonyl (C=O) groups is 1. The molecule has 152 valence electrons. The van der Waals surface area contributed by atoms with Gasteiger partial charge in [-0.1, -0.05) is 26.2 Å². The van der Waals surface area contributed by atoms with Crippen LogP contribution in [0.4, 0.5) is 0 Å². The maximum atomic E-state index is 12.8. The molecule has 0 aromatic carbocycles. The van der Waals surface area contributed by atoms with Crippen molar-refractivity contribution < 1.29 is 15.0 Å². The highest BCUT2D eigenvalue weighted by atomic mass is 16.3. The van der Waals surface area contributed by atoms with Crippen LogP contribution < -0.4 is 11.1 Å². The highest BCUT2D eigenvalue weighted by Gasteiger charge is 2.57. The Bertz CT molecular complexity index is 637. The quantitative estimate of drug-likeness (QED) is 0.584. The fourth-order valence-electron chi connectivity index (χ4n) is 5.82.